The molecule has 0 aliphatic carbocycles. The number of anilines is 1. The lowest BCUT2D eigenvalue weighted by molar-refractivity contribution is -0.117. The molecule has 0 saturated carbocycles. The number of nitrogens with one attached hydrogen (secondary N) is 1. The van der Waals surface area contributed by atoms with Gasteiger partial charge in [0.15, 0.2) is 0 Å². The van der Waals surface area contributed by atoms with Gasteiger partial charge in [0.25, 0.3) is 0 Å². The van der Waals surface area contributed by atoms with Crippen LogP contribution in [0.3, 0.4) is 0 Å². The van der Waals surface area contributed by atoms with Crippen molar-refractivity contribution in [2.75, 3.05) is 12.4 Å². The molecule has 2 rings (SSSR count). The van der Waals surface area contributed by atoms with Crippen LogP contribution in [0, 0.1) is 5.41 Å². The van der Waals surface area contributed by atoms with Crippen molar-refractivity contribution in [3.8, 4) is 5.75 Å². The first-order valence-corrected chi connectivity index (χ1v) is 6.61. The molecule has 2 aromatic rings. The predicted octanol–water partition coefficient (Wildman–Crippen LogP) is 3.62. The number of hydrogen-bond donors (Lipinski definition) is 1. The molecule has 0 aliphatic heterocycles. The van der Waals surface area contributed by atoms with Gasteiger partial charge in [-0.2, -0.15) is 0 Å². The van der Waals surface area contributed by atoms with Crippen molar-refractivity contribution in [2.24, 2.45) is 5.41 Å². The molecule has 0 spiro atoms. The number of methoxy groups -OCH3 is 1. The van der Waals surface area contributed by atoms with E-state index >= 15 is 0 Å². The summed E-state index contributed by atoms with van der Waals surface area (Å²) >= 11 is 0. The van der Waals surface area contributed by atoms with Gasteiger partial charge in [-0.05, 0) is 23.6 Å². The second-order valence-electron chi connectivity index (χ2n) is 6.07. The number of aromatic nitrogens is 1. The minimum Gasteiger partial charge on any atom is -0.497 e. The Morgan fingerprint density at radius 1 is 1.30 bits per heavy atom. The highest BCUT2D eigenvalue weighted by atomic mass is 16.5. The Labute approximate surface area is 119 Å². The fourth-order valence-corrected chi connectivity index (χ4v) is 1.98. The number of amides is 1. The van der Waals surface area contributed by atoms with Gasteiger partial charge >= 0.3 is 0 Å². The van der Waals surface area contributed by atoms with E-state index in [-0.39, 0.29) is 11.3 Å². The zero-order valence-electron chi connectivity index (χ0n) is 12.4. The highest BCUT2D eigenvalue weighted by Gasteiger charge is 2.16. The first-order chi connectivity index (χ1) is 9.37. The molecule has 0 aliphatic rings. The lowest BCUT2D eigenvalue weighted by Gasteiger charge is -2.17. The zero-order chi connectivity index (χ0) is 14.8. The van der Waals surface area contributed by atoms with Gasteiger partial charge in [-0.3, -0.25) is 9.78 Å². The first-order valence-electron chi connectivity index (χ1n) is 6.61. The number of carbonyl (C=O) groups excluding carboxylic acids is 1. The second kappa shape index (κ2) is 5.49. The molecule has 4 heteroatoms. The van der Waals surface area contributed by atoms with Crippen molar-refractivity contribution < 1.29 is 9.53 Å². The Morgan fingerprint density at radius 3 is 2.70 bits per heavy atom. The molecule has 1 aromatic heterocycles. The van der Waals surface area contributed by atoms with E-state index in [2.05, 4.69) is 10.3 Å². The number of rotatable bonds is 3. The van der Waals surface area contributed by atoms with Crippen LogP contribution in [-0.2, 0) is 4.79 Å². The lowest BCUT2D eigenvalue weighted by Crippen LogP contribution is -2.19. The number of ether oxygens (including phenoxy) is 1. The van der Waals surface area contributed by atoms with Gasteiger partial charge < -0.3 is 10.1 Å². The molecule has 0 fully saturated rings. The van der Waals surface area contributed by atoms with E-state index in [1.54, 1.807) is 13.3 Å². The summed E-state index contributed by atoms with van der Waals surface area (Å²) in [4.78, 5) is 16.3. The SMILES string of the molecule is COc1ccc2cc(NC(=O)CC(C)(C)C)cnc2c1. The quantitative estimate of drug-likeness (QED) is 0.928. The number of benzene rings is 1. The Bertz CT molecular complexity index is 630. The highest BCUT2D eigenvalue weighted by Crippen LogP contribution is 2.23. The summed E-state index contributed by atoms with van der Waals surface area (Å²) in [6.07, 6.45) is 2.15. The van der Waals surface area contributed by atoms with Crippen LogP contribution in [0.25, 0.3) is 10.9 Å². The Balaban J connectivity index is 2.18. The van der Waals surface area contributed by atoms with E-state index in [0.717, 1.165) is 22.3 Å². The number of carbonyl (C=O) groups is 1. The average Bonchev–Trinajstić information content (AvgIpc) is 2.35. The van der Waals surface area contributed by atoms with Crippen LogP contribution >= 0.6 is 0 Å². The van der Waals surface area contributed by atoms with Crippen molar-refractivity contribution in [1.82, 2.24) is 4.98 Å². The summed E-state index contributed by atoms with van der Waals surface area (Å²) in [6.45, 7) is 6.12. The van der Waals surface area contributed by atoms with Crippen molar-refractivity contribution in [3.05, 3.63) is 30.5 Å². The molecule has 0 bridgehead atoms. The molecular weight excluding hydrogens is 252 g/mol. The van der Waals surface area contributed by atoms with Crippen LogP contribution in [0.2, 0.25) is 0 Å². The molecule has 1 aromatic carbocycles. The molecule has 106 valence electrons. The maximum Gasteiger partial charge on any atom is 0.224 e. The molecule has 4 nitrogen and oxygen atoms in total. The molecule has 1 amide bonds. The van der Waals surface area contributed by atoms with Crippen molar-refractivity contribution in [1.29, 1.82) is 0 Å². The Hall–Kier alpha value is -2.10. The van der Waals surface area contributed by atoms with Gasteiger partial charge in [0.2, 0.25) is 5.91 Å². The van der Waals surface area contributed by atoms with E-state index in [4.69, 9.17) is 4.74 Å². The second-order valence-corrected chi connectivity index (χ2v) is 6.07. The van der Waals surface area contributed by atoms with Crippen molar-refractivity contribution in [3.63, 3.8) is 0 Å². The van der Waals surface area contributed by atoms with E-state index in [1.807, 2.05) is 45.0 Å². The van der Waals surface area contributed by atoms with Gasteiger partial charge in [-0.15, -0.1) is 0 Å². The molecular formula is C16H20N2O2. The van der Waals surface area contributed by atoms with E-state index < -0.39 is 0 Å². The monoisotopic (exact) mass is 272 g/mol. The maximum atomic E-state index is 11.9. The summed E-state index contributed by atoms with van der Waals surface area (Å²) < 4.78 is 5.16. The number of fused-ring (bicyclic) bond motifs is 1. The van der Waals surface area contributed by atoms with E-state index in [9.17, 15) is 4.79 Å². The van der Waals surface area contributed by atoms with Gasteiger partial charge in [0, 0.05) is 17.9 Å². The van der Waals surface area contributed by atoms with Crippen molar-refractivity contribution >= 4 is 22.5 Å². The normalized spacial score (nSPS) is 11.4. The van der Waals surface area contributed by atoms with Gasteiger partial charge in [0.05, 0.1) is 24.5 Å². The minimum absolute atomic E-state index is 0.00663. The number of pyridine rings is 1. The number of nitrogens with zero attached hydrogens (tertiary/aromatic N) is 1. The van der Waals surface area contributed by atoms with Crippen LogP contribution in [-0.4, -0.2) is 18.0 Å². The fourth-order valence-electron chi connectivity index (χ4n) is 1.98. The van der Waals surface area contributed by atoms with Crippen LogP contribution in [0.1, 0.15) is 27.2 Å². The maximum absolute atomic E-state index is 11.9. The number of hydrogen-bond acceptors (Lipinski definition) is 3. The average molecular weight is 272 g/mol. The molecule has 1 N–H and O–H groups in total. The highest BCUT2D eigenvalue weighted by molar-refractivity contribution is 5.93. The molecule has 0 saturated heterocycles. The van der Waals surface area contributed by atoms with Crippen LogP contribution in [0.15, 0.2) is 30.5 Å². The molecule has 20 heavy (non-hydrogen) atoms. The summed E-state index contributed by atoms with van der Waals surface area (Å²) in [5, 5.41) is 3.86. The minimum atomic E-state index is -0.0261. The van der Waals surface area contributed by atoms with E-state index in [0.29, 0.717) is 6.42 Å². The van der Waals surface area contributed by atoms with Gasteiger partial charge in [-0.25, -0.2) is 0 Å². The third kappa shape index (κ3) is 3.70. The van der Waals surface area contributed by atoms with E-state index in [1.165, 1.54) is 0 Å². The predicted molar refractivity (Wildman–Crippen MR) is 81.0 cm³/mol. The summed E-state index contributed by atoms with van der Waals surface area (Å²) in [5.41, 5.74) is 1.54. The van der Waals surface area contributed by atoms with Crippen LogP contribution in [0.5, 0.6) is 5.75 Å². The third-order valence-electron chi connectivity index (χ3n) is 2.87. The van der Waals surface area contributed by atoms with Gasteiger partial charge in [0.1, 0.15) is 5.75 Å². The summed E-state index contributed by atoms with van der Waals surface area (Å²) in [5.74, 6) is 0.779. The fraction of sp³-hybridized carbons (Fsp3) is 0.375. The Morgan fingerprint density at radius 2 is 2.05 bits per heavy atom. The van der Waals surface area contributed by atoms with Crippen LogP contribution < -0.4 is 10.1 Å². The zero-order valence-corrected chi connectivity index (χ0v) is 12.4. The summed E-state index contributed by atoms with van der Waals surface area (Å²) in [6, 6.07) is 7.60. The third-order valence-corrected chi connectivity index (χ3v) is 2.87. The van der Waals surface area contributed by atoms with Gasteiger partial charge in [-0.1, -0.05) is 20.8 Å². The smallest absolute Gasteiger partial charge is 0.224 e. The summed E-state index contributed by atoms with van der Waals surface area (Å²) in [7, 11) is 1.63. The molecule has 0 unspecified atom stereocenters. The topological polar surface area (TPSA) is 51.2 Å². The molecule has 0 atom stereocenters. The Kier molecular flexibility index (Phi) is 3.93. The largest absolute Gasteiger partial charge is 0.497 e. The molecule has 1 heterocycles. The standard InChI is InChI=1S/C16H20N2O2/c1-16(2,3)9-15(19)18-12-7-11-5-6-13(20-4)8-14(11)17-10-12/h5-8,10H,9H2,1-4H3,(H,18,19). The van der Waals surface area contributed by atoms with Crippen molar-refractivity contribution in [2.45, 2.75) is 27.2 Å². The first kappa shape index (κ1) is 14.3. The molecule has 0 radical (unpaired) electrons. The lowest BCUT2D eigenvalue weighted by atomic mass is 9.92. The van der Waals surface area contributed by atoms with Crippen LogP contribution in [0.4, 0.5) is 5.69 Å².